The number of nitrogens with one attached hydrogen (secondary N) is 1. The number of nitrogens with zero attached hydrogens (tertiary/aromatic N) is 1. The molecular weight excluding hydrogens is 388 g/mol. The van der Waals surface area contributed by atoms with E-state index in [4.69, 9.17) is 21.1 Å². The zero-order valence-electron chi connectivity index (χ0n) is 15.3. The molecule has 8 nitrogen and oxygen atoms in total. The second kappa shape index (κ2) is 9.61. The molecule has 148 valence electrons. The molecular formula is C19H19ClN2O6. The number of para-hydroxylation sites is 1. The van der Waals surface area contributed by atoms with Gasteiger partial charge in [-0.15, -0.1) is 0 Å². The van der Waals surface area contributed by atoms with E-state index in [9.17, 15) is 19.5 Å². The van der Waals surface area contributed by atoms with Gasteiger partial charge in [0.1, 0.15) is 17.1 Å². The SMILES string of the molecule is COc1ccc(O)c(C(=O)OCC(=O)N(C)CC(=O)Nc2ccccc2Cl)c1. The summed E-state index contributed by atoms with van der Waals surface area (Å²) in [5.74, 6) is -1.89. The van der Waals surface area contributed by atoms with Crippen molar-refractivity contribution in [3.63, 3.8) is 0 Å². The van der Waals surface area contributed by atoms with Crippen molar-refractivity contribution in [2.24, 2.45) is 0 Å². The smallest absolute Gasteiger partial charge is 0.342 e. The van der Waals surface area contributed by atoms with Crippen molar-refractivity contribution in [3.05, 3.63) is 53.1 Å². The van der Waals surface area contributed by atoms with Crippen LogP contribution in [0.15, 0.2) is 42.5 Å². The summed E-state index contributed by atoms with van der Waals surface area (Å²) in [5.41, 5.74) is 0.293. The van der Waals surface area contributed by atoms with Crippen molar-refractivity contribution in [3.8, 4) is 11.5 Å². The Morgan fingerprint density at radius 1 is 1.18 bits per heavy atom. The van der Waals surface area contributed by atoms with E-state index < -0.39 is 24.4 Å². The standard InChI is InChI=1S/C19H19ClN2O6/c1-22(10-17(24)21-15-6-4-3-5-14(15)20)18(25)11-28-19(26)13-9-12(27-2)7-8-16(13)23/h3-9,23H,10-11H2,1-2H3,(H,21,24). The van der Waals surface area contributed by atoms with E-state index in [2.05, 4.69) is 5.32 Å². The second-order valence-corrected chi connectivity index (χ2v) is 6.14. The zero-order chi connectivity index (χ0) is 20.7. The number of likely N-dealkylation sites (N-methyl/N-ethyl adjacent to an activating group) is 1. The van der Waals surface area contributed by atoms with E-state index in [0.29, 0.717) is 16.5 Å². The molecule has 0 spiro atoms. The summed E-state index contributed by atoms with van der Waals surface area (Å²) in [6, 6.07) is 10.7. The lowest BCUT2D eigenvalue weighted by atomic mass is 10.2. The molecule has 0 aliphatic carbocycles. The molecule has 2 rings (SSSR count). The van der Waals surface area contributed by atoms with Crippen molar-refractivity contribution in [2.45, 2.75) is 0 Å². The molecule has 28 heavy (non-hydrogen) atoms. The van der Waals surface area contributed by atoms with Crippen LogP contribution in [0.1, 0.15) is 10.4 Å². The third-order valence-corrected chi connectivity index (χ3v) is 4.03. The second-order valence-electron chi connectivity index (χ2n) is 5.74. The van der Waals surface area contributed by atoms with Crippen LogP contribution in [0.5, 0.6) is 11.5 Å². The van der Waals surface area contributed by atoms with Crippen LogP contribution >= 0.6 is 11.6 Å². The number of benzene rings is 2. The number of amides is 2. The van der Waals surface area contributed by atoms with Gasteiger partial charge in [0.05, 0.1) is 24.4 Å². The van der Waals surface area contributed by atoms with Gasteiger partial charge in [0, 0.05) is 7.05 Å². The average molecular weight is 407 g/mol. The number of rotatable bonds is 7. The number of hydrogen-bond donors (Lipinski definition) is 2. The number of aromatic hydroxyl groups is 1. The summed E-state index contributed by atoms with van der Waals surface area (Å²) in [7, 11) is 2.80. The molecule has 0 unspecified atom stereocenters. The molecule has 0 saturated heterocycles. The summed E-state index contributed by atoms with van der Waals surface area (Å²) >= 11 is 5.96. The number of phenolic OH excluding ortho intramolecular Hbond substituents is 1. The molecule has 2 aromatic carbocycles. The number of anilines is 1. The van der Waals surface area contributed by atoms with E-state index in [1.807, 2.05) is 0 Å². The number of esters is 1. The van der Waals surface area contributed by atoms with Crippen LogP contribution in [0.2, 0.25) is 5.02 Å². The Morgan fingerprint density at radius 2 is 1.89 bits per heavy atom. The first kappa shape index (κ1) is 21.0. The predicted octanol–water partition coefficient (Wildman–Crippen LogP) is 2.31. The maximum atomic E-state index is 12.1. The number of ether oxygens (including phenoxy) is 2. The van der Waals surface area contributed by atoms with Crippen molar-refractivity contribution >= 4 is 35.1 Å². The number of phenols is 1. The summed E-state index contributed by atoms with van der Waals surface area (Å²) in [5, 5.41) is 12.7. The van der Waals surface area contributed by atoms with Gasteiger partial charge in [0.2, 0.25) is 5.91 Å². The van der Waals surface area contributed by atoms with Gasteiger partial charge in [0.25, 0.3) is 5.91 Å². The van der Waals surface area contributed by atoms with E-state index >= 15 is 0 Å². The van der Waals surface area contributed by atoms with Crippen molar-refractivity contribution in [2.75, 3.05) is 32.6 Å². The third-order valence-electron chi connectivity index (χ3n) is 3.70. The minimum absolute atomic E-state index is 0.133. The highest BCUT2D eigenvalue weighted by Gasteiger charge is 2.19. The molecule has 2 N–H and O–H groups in total. The average Bonchev–Trinajstić information content (AvgIpc) is 2.67. The van der Waals surface area contributed by atoms with Crippen LogP contribution in [-0.2, 0) is 14.3 Å². The van der Waals surface area contributed by atoms with Crippen LogP contribution in [0, 0.1) is 0 Å². The number of methoxy groups -OCH3 is 1. The largest absolute Gasteiger partial charge is 0.507 e. The summed E-state index contributed by atoms with van der Waals surface area (Å²) < 4.78 is 9.89. The van der Waals surface area contributed by atoms with Gasteiger partial charge in [-0.3, -0.25) is 9.59 Å². The molecule has 0 aliphatic heterocycles. The van der Waals surface area contributed by atoms with Crippen molar-refractivity contribution < 1.29 is 29.0 Å². The molecule has 2 aromatic rings. The minimum Gasteiger partial charge on any atom is -0.507 e. The molecule has 0 heterocycles. The van der Waals surface area contributed by atoms with E-state index in [1.165, 1.54) is 32.4 Å². The quantitative estimate of drug-likeness (QED) is 0.683. The fraction of sp³-hybridized carbons (Fsp3) is 0.211. The molecule has 2 amide bonds. The predicted molar refractivity (Wildman–Crippen MR) is 103 cm³/mol. The maximum Gasteiger partial charge on any atom is 0.342 e. The number of halogens is 1. The molecule has 0 aromatic heterocycles. The lowest BCUT2D eigenvalue weighted by Gasteiger charge is -2.17. The Labute approximate surface area is 166 Å². The topological polar surface area (TPSA) is 105 Å². The normalized spacial score (nSPS) is 10.1. The lowest BCUT2D eigenvalue weighted by Crippen LogP contribution is -2.37. The van der Waals surface area contributed by atoms with Gasteiger partial charge in [0.15, 0.2) is 6.61 Å². The van der Waals surface area contributed by atoms with Gasteiger partial charge >= 0.3 is 5.97 Å². The maximum absolute atomic E-state index is 12.1. The summed E-state index contributed by atoms with van der Waals surface area (Å²) in [4.78, 5) is 37.3. The first-order chi connectivity index (χ1) is 13.3. The first-order valence-electron chi connectivity index (χ1n) is 8.14. The molecule has 0 atom stereocenters. The Kier molecular flexibility index (Phi) is 7.22. The van der Waals surface area contributed by atoms with Crippen LogP contribution in [0.3, 0.4) is 0 Å². The van der Waals surface area contributed by atoms with Crippen molar-refractivity contribution in [1.82, 2.24) is 4.90 Å². The van der Waals surface area contributed by atoms with E-state index in [-0.39, 0.29) is 17.9 Å². The summed E-state index contributed by atoms with van der Waals surface area (Å²) in [6.07, 6.45) is 0. The van der Waals surface area contributed by atoms with Crippen LogP contribution in [-0.4, -0.2) is 55.1 Å². The molecule has 0 aliphatic rings. The van der Waals surface area contributed by atoms with E-state index in [0.717, 1.165) is 4.90 Å². The Hall–Kier alpha value is -3.26. The van der Waals surface area contributed by atoms with Crippen LogP contribution in [0.25, 0.3) is 0 Å². The van der Waals surface area contributed by atoms with Crippen molar-refractivity contribution in [1.29, 1.82) is 0 Å². The molecule has 0 bridgehead atoms. The van der Waals surface area contributed by atoms with Gasteiger partial charge in [-0.05, 0) is 30.3 Å². The van der Waals surface area contributed by atoms with Gasteiger partial charge in [-0.2, -0.15) is 0 Å². The van der Waals surface area contributed by atoms with Gasteiger partial charge < -0.3 is 24.8 Å². The molecule has 9 heteroatoms. The zero-order valence-corrected chi connectivity index (χ0v) is 16.0. The molecule has 0 saturated carbocycles. The highest BCUT2D eigenvalue weighted by atomic mass is 35.5. The van der Waals surface area contributed by atoms with Gasteiger partial charge in [-0.25, -0.2) is 4.79 Å². The Balaban J connectivity index is 1.87. The minimum atomic E-state index is -0.890. The van der Waals surface area contributed by atoms with Gasteiger partial charge in [-0.1, -0.05) is 23.7 Å². The fourth-order valence-corrected chi connectivity index (χ4v) is 2.36. The Morgan fingerprint density at radius 3 is 2.57 bits per heavy atom. The lowest BCUT2D eigenvalue weighted by molar-refractivity contribution is -0.136. The van der Waals surface area contributed by atoms with E-state index in [1.54, 1.807) is 24.3 Å². The fourth-order valence-electron chi connectivity index (χ4n) is 2.18. The summed E-state index contributed by atoms with van der Waals surface area (Å²) in [6.45, 7) is -0.850. The Bertz CT molecular complexity index is 886. The highest BCUT2D eigenvalue weighted by Crippen LogP contribution is 2.23. The number of hydrogen-bond acceptors (Lipinski definition) is 6. The first-order valence-corrected chi connectivity index (χ1v) is 8.52. The monoisotopic (exact) mass is 406 g/mol. The third kappa shape index (κ3) is 5.62. The number of carbonyl (C=O) groups is 3. The van der Waals surface area contributed by atoms with Crippen LogP contribution < -0.4 is 10.1 Å². The number of carbonyl (C=O) groups excluding carboxylic acids is 3. The molecule has 0 fully saturated rings. The highest BCUT2D eigenvalue weighted by molar-refractivity contribution is 6.33. The van der Waals surface area contributed by atoms with Crippen LogP contribution in [0.4, 0.5) is 5.69 Å². The molecule has 0 radical (unpaired) electrons.